The predicted octanol–water partition coefficient (Wildman–Crippen LogP) is 3.72. The van der Waals surface area contributed by atoms with E-state index in [-0.39, 0.29) is 6.04 Å². The molecule has 2 heteroatoms. The number of nitrogens with zero attached hydrogens (tertiary/aromatic N) is 1. The Hall–Kier alpha value is -1.02. The third-order valence-corrected chi connectivity index (χ3v) is 3.63. The molecule has 0 amide bonds. The molecule has 1 aliphatic carbocycles. The quantitative estimate of drug-likeness (QED) is 0.829. The largest absolute Gasteiger partial charge is 0.368 e. The van der Waals surface area contributed by atoms with Crippen molar-refractivity contribution >= 4 is 5.69 Å². The molecule has 0 aromatic heterocycles. The SMILES string of the molecule is CCC(N)c1ccccc1N(CC(C)C)C1CC1. The molecule has 0 bridgehead atoms. The van der Waals surface area contributed by atoms with E-state index in [1.54, 1.807) is 0 Å². The van der Waals surface area contributed by atoms with Crippen molar-refractivity contribution in [2.75, 3.05) is 11.4 Å². The molecule has 2 nitrogen and oxygen atoms in total. The molecule has 1 aliphatic rings. The number of rotatable bonds is 6. The van der Waals surface area contributed by atoms with Crippen LogP contribution in [0.1, 0.15) is 51.6 Å². The minimum atomic E-state index is 0.162. The second-order valence-electron chi connectivity index (χ2n) is 5.85. The summed E-state index contributed by atoms with van der Waals surface area (Å²) in [5.41, 5.74) is 8.93. The van der Waals surface area contributed by atoms with Crippen LogP contribution in [0.25, 0.3) is 0 Å². The lowest BCUT2D eigenvalue weighted by Crippen LogP contribution is -2.31. The highest BCUT2D eigenvalue weighted by molar-refractivity contribution is 5.56. The molecule has 1 fully saturated rings. The Morgan fingerprint density at radius 1 is 1.28 bits per heavy atom. The molecule has 18 heavy (non-hydrogen) atoms. The van der Waals surface area contributed by atoms with Crippen molar-refractivity contribution < 1.29 is 0 Å². The number of para-hydroxylation sites is 1. The van der Waals surface area contributed by atoms with Crippen molar-refractivity contribution in [3.05, 3.63) is 29.8 Å². The number of nitrogens with two attached hydrogens (primary N) is 1. The predicted molar refractivity (Wildman–Crippen MR) is 78.9 cm³/mol. The van der Waals surface area contributed by atoms with Gasteiger partial charge in [0, 0.05) is 24.3 Å². The van der Waals surface area contributed by atoms with Crippen LogP contribution in [0, 0.1) is 5.92 Å². The molecule has 2 N–H and O–H groups in total. The van der Waals surface area contributed by atoms with Gasteiger partial charge in [-0.1, -0.05) is 39.0 Å². The molecule has 0 heterocycles. The molecule has 0 spiro atoms. The average molecular weight is 246 g/mol. The Balaban J connectivity index is 2.28. The minimum Gasteiger partial charge on any atom is -0.368 e. The van der Waals surface area contributed by atoms with Crippen LogP contribution in [0.4, 0.5) is 5.69 Å². The molecule has 1 saturated carbocycles. The van der Waals surface area contributed by atoms with Crippen LogP contribution in [-0.2, 0) is 0 Å². The number of anilines is 1. The van der Waals surface area contributed by atoms with Crippen LogP contribution < -0.4 is 10.6 Å². The van der Waals surface area contributed by atoms with Gasteiger partial charge in [0.2, 0.25) is 0 Å². The minimum absolute atomic E-state index is 0.162. The normalized spacial score (nSPS) is 16.9. The first-order valence-corrected chi connectivity index (χ1v) is 7.24. The van der Waals surface area contributed by atoms with Crippen LogP contribution in [0.2, 0.25) is 0 Å². The smallest absolute Gasteiger partial charge is 0.0417 e. The molecule has 1 aromatic rings. The Labute approximate surface area is 111 Å². The molecule has 100 valence electrons. The molecule has 1 aromatic carbocycles. The van der Waals surface area contributed by atoms with Crippen molar-refractivity contribution in [2.45, 2.75) is 52.1 Å². The van der Waals surface area contributed by atoms with Crippen LogP contribution in [0.5, 0.6) is 0 Å². The van der Waals surface area contributed by atoms with E-state index in [1.807, 2.05) is 0 Å². The fourth-order valence-corrected chi connectivity index (χ4v) is 2.51. The summed E-state index contributed by atoms with van der Waals surface area (Å²) in [4.78, 5) is 2.58. The summed E-state index contributed by atoms with van der Waals surface area (Å²) in [7, 11) is 0. The van der Waals surface area contributed by atoms with Gasteiger partial charge in [-0.25, -0.2) is 0 Å². The zero-order valence-corrected chi connectivity index (χ0v) is 11.9. The summed E-state index contributed by atoms with van der Waals surface area (Å²) in [5.74, 6) is 0.691. The summed E-state index contributed by atoms with van der Waals surface area (Å²) >= 11 is 0. The van der Waals surface area contributed by atoms with Gasteiger partial charge in [0.15, 0.2) is 0 Å². The van der Waals surface area contributed by atoms with Gasteiger partial charge in [-0.2, -0.15) is 0 Å². The maximum absolute atomic E-state index is 6.26. The summed E-state index contributed by atoms with van der Waals surface area (Å²) in [6, 6.07) is 9.59. The van der Waals surface area contributed by atoms with Gasteiger partial charge in [-0.05, 0) is 36.8 Å². The van der Waals surface area contributed by atoms with E-state index in [2.05, 4.69) is 49.9 Å². The second kappa shape index (κ2) is 5.75. The van der Waals surface area contributed by atoms with Crippen molar-refractivity contribution in [1.29, 1.82) is 0 Å². The zero-order chi connectivity index (χ0) is 13.1. The average Bonchev–Trinajstić information content (AvgIpc) is 3.19. The van der Waals surface area contributed by atoms with Gasteiger partial charge >= 0.3 is 0 Å². The lowest BCUT2D eigenvalue weighted by molar-refractivity contribution is 0.600. The molecular weight excluding hydrogens is 220 g/mol. The van der Waals surface area contributed by atoms with E-state index in [4.69, 9.17) is 5.73 Å². The standard InChI is InChI=1S/C16H26N2/c1-4-15(17)14-7-5-6-8-16(14)18(11-12(2)3)13-9-10-13/h5-8,12-13,15H,4,9-11,17H2,1-3H3. The first-order chi connectivity index (χ1) is 8.63. The number of benzene rings is 1. The summed E-state index contributed by atoms with van der Waals surface area (Å²) in [6.45, 7) is 7.87. The van der Waals surface area contributed by atoms with Gasteiger partial charge in [0.1, 0.15) is 0 Å². The van der Waals surface area contributed by atoms with Crippen molar-refractivity contribution in [3.63, 3.8) is 0 Å². The summed E-state index contributed by atoms with van der Waals surface area (Å²) in [6.07, 6.45) is 3.67. The van der Waals surface area contributed by atoms with E-state index in [0.717, 1.165) is 19.0 Å². The number of hydrogen-bond acceptors (Lipinski definition) is 2. The molecule has 1 atom stereocenters. The molecular formula is C16H26N2. The highest BCUT2D eigenvalue weighted by atomic mass is 15.2. The molecule has 1 unspecified atom stereocenters. The first-order valence-electron chi connectivity index (χ1n) is 7.24. The monoisotopic (exact) mass is 246 g/mol. The molecule has 0 saturated heterocycles. The van der Waals surface area contributed by atoms with Crippen molar-refractivity contribution in [2.24, 2.45) is 11.7 Å². The van der Waals surface area contributed by atoms with Gasteiger partial charge in [-0.3, -0.25) is 0 Å². The van der Waals surface area contributed by atoms with E-state index in [9.17, 15) is 0 Å². The molecule has 0 radical (unpaired) electrons. The Kier molecular flexibility index (Phi) is 4.28. The fraction of sp³-hybridized carbons (Fsp3) is 0.625. The van der Waals surface area contributed by atoms with Crippen LogP contribution >= 0.6 is 0 Å². The Morgan fingerprint density at radius 2 is 1.94 bits per heavy atom. The first kappa shape index (κ1) is 13.4. The van der Waals surface area contributed by atoms with Crippen molar-refractivity contribution in [1.82, 2.24) is 0 Å². The van der Waals surface area contributed by atoms with Crippen LogP contribution in [0.15, 0.2) is 24.3 Å². The molecule has 0 aliphatic heterocycles. The van der Waals surface area contributed by atoms with Gasteiger partial charge in [0.05, 0.1) is 0 Å². The zero-order valence-electron chi connectivity index (χ0n) is 11.9. The highest BCUT2D eigenvalue weighted by Crippen LogP contribution is 2.36. The third-order valence-electron chi connectivity index (χ3n) is 3.63. The maximum atomic E-state index is 6.26. The van der Waals surface area contributed by atoms with E-state index in [1.165, 1.54) is 24.1 Å². The van der Waals surface area contributed by atoms with Crippen LogP contribution in [-0.4, -0.2) is 12.6 Å². The third kappa shape index (κ3) is 3.05. The summed E-state index contributed by atoms with van der Waals surface area (Å²) < 4.78 is 0. The maximum Gasteiger partial charge on any atom is 0.0417 e. The van der Waals surface area contributed by atoms with Gasteiger partial charge < -0.3 is 10.6 Å². The van der Waals surface area contributed by atoms with Gasteiger partial charge in [0.25, 0.3) is 0 Å². The highest BCUT2D eigenvalue weighted by Gasteiger charge is 2.31. The van der Waals surface area contributed by atoms with E-state index < -0.39 is 0 Å². The van der Waals surface area contributed by atoms with Crippen molar-refractivity contribution in [3.8, 4) is 0 Å². The van der Waals surface area contributed by atoms with Gasteiger partial charge in [-0.15, -0.1) is 0 Å². The second-order valence-corrected chi connectivity index (χ2v) is 5.85. The topological polar surface area (TPSA) is 29.3 Å². The molecule has 2 rings (SSSR count). The van der Waals surface area contributed by atoms with Crippen LogP contribution in [0.3, 0.4) is 0 Å². The lowest BCUT2D eigenvalue weighted by Gasteiger charge is -2.30. The number of hydrogen-bond donors (Lipinski definition) is 1. The fourth-order valence-electron chi connectivity index (χ4n) is 2.51. The Bertz CT molecular complexity index is 382. The Morgan fingerprint density at radius 3 is 2.50 bits per heavy atom. The lowest BCUT2D eigenvalue weighted by atomic mass is 10.0. The van der Waals surface area contributed by atoms with E-state index >= 15 is 0 Å². The summed E-state index contributed by atoms with van der Waals surface area (Å²) in [5, 5.41) is 0. The van der Waals surface area contributed by atoms with E-state index in [0.29, 0.717) is 5.92 Å².